The number of rotatable bonds is 18. The normalized spacial score (nSPS) is 17.3. The van der Waals surface area contributed by atoms with E-state index in [9.17, 15) is 53.4 Å². The van der Waals surface area contributed by atoms with E-state index in [2.05, 4.69) is 31.6 Å². The van der Waals surface area contributed by atoms with Crippen LogP contribution in [0, 0.1) is 0 Å². The number of H-pyrrole nitrogens is 1. The van der Waals surface area contributed by atoms with Crippen molar-refractivity contribution >= 4 is 64.2 Å². The lowest BCUT2D eigenvalue weighted by Gasteiger charge is -2.29. The molecule has 7 atom stereocenters. The maximum atomic E-state index is 13.4. The molecule has 7 amide bonds. The van der Waals surface area contributed by atoms with Gasteiger partial charge in [0.25, 0.3) is 0 Å². The largest absolute Gasteiger partial charge is 0.481 e. The third-order valence-electron chi connectivity index (χ3n) is 8.55. The van der Waals surface area contributed by atoms with Crippen LogP contribution in [0.4, 0.5) is 0 Å². The smallest absolute Gasteiger partial charge is 0.326 e. The van der Waals surface area contributed by atoms with Crippen molar-refractivity contribution in [1.29, 1.82) is 0 Å². The van der Waals surface area contributed by atoms with E-state index in [-0.39, 0.29) is 19.4 Å². The highest BCUT2D eigenvalue weighted by atomic mass is 16.4. The monoisotopic (exact) mass is 743 g/mol. The van der Waals surface area contributed by atoms with E-state index in [4.69, 9.17) is 11.5 Å². The molecule has 20 nitrogen and oxygen atoms in total. The van der Waals surface area contributed by atoms with Crippen molar-refractivity contribution in [2.75, 3.05) is 6.54 Å². The summed E-state index contributed by atoms with van der Waals surface area (Å²) in [5.74, 6) is -8.59. The summed E-state index contributed by atoms with van der Waals surface area (Å²) in [5, 5.41) is 31.8. The Morgan fingerprint density at radius 1 is 0.811 bits per heavy atom. The highest BCUT2D eigenvalue weighted by Gasteiger charge is 2.39. The zero-order valence-electron chi connectivity index (χ0n) is 29.3. The third-order valence-corrected chi connectivity index (χ3v) is 8.55. The molecule has 2 heterocycles. The fourth-order valence-electron chi connectivity index (χ4n) is 5.70. The molecule has 0 aliphatic carbocycles. The molecule has 0 bridgehead atoms. The standard InChI is InChI=1S/C33H45N9O11/c1-15(37-27(46)16(2)38-29(48)20(34)12-25(35)43)28(47)39-17(3)32(51)42-10-6-9-24(42)31(50)40-22(13-26(44)45)30(49)41-23(33(52)53)11-18-14-36-21-8-5-4-7-19(18)21/h4-5,7-8,14-17,20,22-24,36H,6,9-13,34H2,1-3H3,(H2,35,43)(H,37,46)(H,38,48)(H,39,47)(H,40,50)(H,41,49)(H,44,45)(H,52,53)/t15-,16-,17-,20-,22-,23-,24-/m0/s1. The van der Waals surface area contributed by atoms with Gasteiger partial charge in [-0.15, -0.1) is 0 Å². The number of aromatic nitrogens is 1. The molecule has 288 valence electrons. The number of fused-ring (bicyclic) bond motifs is 1. The lowest BCUT2D eigenvalue weighted by atomic mass is 10.0. The molecule has 1 aromatic heterocycles. The molecule has 1 aliphatic heterocycles. The summed E-state index contributed by atoms with van der Waals surface area (Å²) in [6.45, 7) is 4.10. The average molecular weight is 744 g/mol. The lowest BCUT2D eigenvalue weighted by Crippen LogP contribution is -2.58. The molecule has 3 rings (SSSR count). The van der Waals surface area contributed by atoms with E-state index in [1.807, 2.05) is 0 Å². The number of likely N-dealkylation sites (tertiary alicyclic amines) is 1. The predicted molar refractivity (Wildman–Crippen MR) is 185 cm³/mol. The van der Waals surface area contributed by atoms with Gasteiger partial charge in [-0.2, -0.15) is 0 Å². The number of hydrogen-bond acceptors (Lipinski definition) is 10. The number of nitrogens with one attached hydrogen (secondary N) is 6. The van der Waals surface area contributed by atoms with Gasteiger partial charge < -0.3 is 58.1 Å². The number of hydrogen-bond donors (Lipinski definition) is 10. The second kappa shape index (κ2) is 18.4. The van der Waals surface area contributed by atoms with Crippen LogP contribution in [0.3, 0.4) is 0 Å². The van der Waals surface area contributed by atoms with E-state index >= 15 is 0 Å². The molecule has 0 spiro atoms. The maximum Gasteiger partial charge on any atom is 0.326 e. The minimum atomic E-state index is -1.69. The van der Waals surface area contributed by atoms with E-state index in [0.29, 0.717) is 12.0 Å². The Morgan fingerprint density at radius 2 is 1.42 bits per heavy atom. The van der Waals surface area contributed by atoms with Gasteiger partial charge in [-0.05, 0) is 45.2 Å². The Kier molecular flexibility index (Phi) is 14.4. The number of amides is 7. The molecule has 0 unspecified atom stereocenters. The van der Waals surface area contributed by atoms with Gasteiger partial charge in [-0.25, -0.2) is 4.79 Å². The number of para-hydroxylation sites is 1. The van der Waals surface area contributed by atoms with Gasteiger partial charge in [0.2, 0.25) is 41.4 Å². The molecule has 0 saturated carbocycles. The van der Waals surface area contributed by atoms with Gasteiger partial charge in [0.05, 0.1) is 18.9 Å². The van der Waals surface area contributed by atoms with Crippen LogP contribution in [0.1, 0.15) is 52.0 Å². The summed E-state index contributed by atoms with van der Waals surface area (Å²) in [4.78, 5) is 116. The molecule has 1 aromatic carbocycles. The van der Waals surface area contributed by atoms with Gasteiger partial charge in [-0.1, -0.05) is 18.2 Å². The Morgan fingerprint density at radius 3 is 2.02 bits per heavy atom. The van der Waals surface area contributed by atoms with Crippen molar-refractivity contribution in [1.82, 2.24) is 36.5 Å². The first-order chi connectivity index (χ1) is 24.9. The number of aliphatic carboxylic acids is 2. The SMILES string of the molecule is C[C@H](NC(=O)[C@H](C)NC(=O)[C@@H](N)CC(N)=O)C(=O)N[C@@H](C)C(=O)N1CCC[C@H]1C(=O)N[C@@H](CC(=O)O)C(=O)N[C@@H](Cc1c[nH]c2ccccc12)C(=O)O. The van der Waals surface area contributed by atoms with Crippen molar-refractivity contribution in [2.45, 2.75) is 95.2 Å². The third kappa shape index (κ3) is 11.5. The van der Waals surface area contributed by atoms with Crippen LogP contribution in [0.25, 0.3) is 10.9 Å². The number of nitrogens with zero attached hydrogens (tertiary/aromatic N) is 1. The fraction of sp³-hybridized carbons (Fsp3) is 0.485. The van der Waals surface area contributed by atoms with Crippen molar-refractivity contribution in [3.8, 4) is 0 Å². The molecule has 1 saturated heterocycles. The Hall–Kier alpha value is -6.05. The van der Waals surface area contributed by atoms with Gasteiger partial charge in [0.15, 0.2) is 0 Å². The number of carboxylic acids is 2. The minimum Gasteiger partial charge on any atom is -0.481 e. The van der Waals surface area contributed by atoms with Crippen molar-refractivity contribution in [3.63, 3.8) is 0 Å². The van der Waals surface area contributed by atoms with Crippen LogP contribution >= 0.6 is 0 Å². The number of primary amides is 1. The Bertz CT molecular complexity index is 1750. The number of nitrogens with two attached hydrogens (primary N) is 2. The highest BCUT2D eigenvalue weighted by Crippen LogP contribution is 2.21. The summed E-state index contributed by atoms with van der Waals surface area (Å²) in [7, 11) is 0. The number of carboxylic acid groups (broad SMARTS) is 2. The molecule has 1 aliphatic rings. The fourth-order valence-corrected chi connectivity index (χ4v) is 5.70. The molecule has 53 heavy (non-hydrogen) atoms. The molecule has 12 N–H and O–H groups in total. The minimum absolute atomic E-state index is 0.0972. The first-order valence-electron chi connectivity index (χ1n) is 16.7. The first-order valence-corrected chi connectivity index (χ1v) is 16.7. The summed E-state index contributed by atoms with van der Waals surface area (Å²) < 4.78 is 0. The van der Waals surface area contributed by atoms with E-state index in [1.165, 1.54) is 25.7 Å². The Labute approximate surface area is 303 Å². The molecule has 1 fully saturated rings. The summed E-state index contributed by atoms with van der Waals surface area (Å²) in [5.41, 5.74) is 11.9. The van der Waals surface area contributed by atoms with Gasteiger partial charge in [0.1, 0.15) is 36.3 Å². The second-order valence-corrected chi connectivity index (χ2v) is 12.8. The molecule has 0 radical (unpaired) electrons. The van der Waals surface area contributed by atoms with Crippen LogP contribution in [0.5, 0.6) is 0 Å². The van der Waals surface area contributed by atoms with Gasteiger partial charge in [0, 0.05) is 30.1 Å². The quantitative estimate of drug-likeness (QED) is 0.0728. The van der Waals surface area contributed by atoms with E-state index in [0.717, 1.165) is 10.9 Å². The number of aromatic amines is 1. The zero-order valence-corrected chi connectivity index (χ0v) is 29.3. The van der Waals surface area contributed by atoms with E-state index < -0.39 is 108 Å². The number of benzene rings is 1. The Balaban J connectivity index is 1.60. The van der Waals surface area contributed by atoms with Crippen LogP contribution in [0.15, 0.2) is 30.5 Å². The highest BCUT2D eigenvalue weighted by molar-refractivity contribution is 5.98. The van der Waals surface area contributed by atoms with Gasteiger partial charge in [-0.3, -0.25) is 38.4 Å². The second-order valence-electron chi connectivity index (χ2n) is 12.8. The number of carbonyl (C=O) groups is 9. The van der Waals surface area contributed by atoms with Crippen molar-refractivity contribution < 1.29 is 53.4 Å². The van der Waals surface area contributed by atoms with Crippen LogP contribution < -0.4 is 38.1 Å². The van der Waals surface area contributed by atoms with Crippen LogP contribution in [-0.2, 0) is 49.6 Å². The maximum absolute atomic E-state index is 13.4. The first kappa shape index (κ1) is 41.4. The summed E-state index contributed by atoms with van der Waals surface area (Å²) >= 11 is 0. The number of carbonyl (C=O) groups excluding carboxylic acids is 7. The molecule has 20 heteroatoms. The summed E-state index contributed by atoms with van der Waals surface area (Å²) in [6, 6.07) is -1.99. The van der Waals surface area contributed by atoms with Crippen LogP contribution in [-0.4, -0.2) is 122 Å². The zero-order chi connectivity index (χ0) is 39.6. The summed E-state index contributed by atoms with van der Waals surface area (Å²) in [6.07, 6.45) is 0.658. The van der Waals surface area contributed by atoms with Gasteiger partial charge >= 0.3 is 11.9 Å². The molecular weight excluding hydrogens is 698 g/mol. The van der Waals surface area contributed by atoms with Crippen LogP contribution in [0.2, 0.25) is 0 Å². The van der Waals surface area contributed by atoms with Crippen molar-refractivity contribution in [2.24, 2.45) is 11.5 Å². The van der Waals surface area contributed by atoms with E-state index in [1.54, 1.807) is 30.5 Å². The average Bonchev–Trinajstić information content (AvgIpc) is 3.74. The predicted octanol–water partition coefficient (Wildman–Crippen LogP) is -3.05. The topological polar surface area (TPSA) is 325 Å². The van der Waals surface area contributed by atoms with Crippen molar-refractivity contribution in [3.05, 3.63) is 36.0 Å². The lowest BCUT2D eigenvalue weighted by molar-refractivity contribution is -0.145. The molecule has 2 aromatic rings. The molecular formula is C33H45N9O11.